The third kappa shape index (κ3) is 4.03. The monoisotopic (exact) mass is 376 g/mol. The molecule has 2 saturated carbocycles. The molecule has 1 saturated heterocycles. The van der Waals surface area contributed by atoms with Crippen molar-refractivity contribution in [3.05, 3.63) is 0 Å². The fourth-order valence-corrected chi connectivity index (χ4v) is 6.14. The molecule has 0 amide bonds. The van der Waals surface area contributed by atoms with Gasteiger partial charge in [0.2, 0.25) is 0 Å². The average Bonchev–Trinajstić information content (AvgIpc) is 2.77. The van der Waals surface area contributed by atoms with E-state index >= 15 is 0 Å². The maximum Gasteiger partial charge on any atom is 0.461 e. The molecule has 4 heteroatoms. The Labute approximate surface area is 167 Å². The van der Waals surface area contributed by atoms with Crippen molar-refractivity contribution in [1.82, 2.24) is 0 Å². The Balaban J connectivity index is 1.65. The van der Waals surface area contributed by atoms with Gasteiger partial charge in [-0.25, -0.2) is 0 Å². The van der Waals surface area contributed by atoms with Gasteiger partial charge in [0.05, 0.1) is 11.2 Å². The summed E-state index contributed by atoms with van der Waals surface area (Å²) in [5, 5.41) is 0. The van der Waals surface area contributed by atoms with E-state index in [1.807, 2.05) is 0 Å². The van der Waals surface area contributed by atoms with Gasteiger partial charge in [0.1, 0.15) is 5.78 Å². The highest BCUT2D eigenvalue weighted by Gasteiger charge is 2.56. The van der Waals surface area contributed by atoms with Crippen molar-refractivity contribution in [3.63, 3.8) is 0 Å². The Bertz CT molecular complexity index is 542. The number of hydrogen-bond acceptors (Lipinski definition) is 3. The lowest BCUT2D eigenvalue weighted by Crippen LogP contribution is -2.41. The largest absolute Gasteiger partial charge is 0.461 e. The Kier molecular flexibility index (Phi) is 5.92. The SMILES string of the molecule is CC(=O)C1CCC(C2CC(C)C(B3OC(C)(C)C(C)(C)O3)CC2C)C(C)C1. The molecule has 0 spiro atoms. The van der Waals surface area contributed by atoms with Crippen LogP contribution in [0.3, 0.4) is 0 Å². The van der Waals surface area contributed by atoms with Crippen LogP contribution in [0.4, 0.5) is 0 Å². The van der Waals surface area contributed by atoms with Crippen LogP contribution in [0.1, 0.15) is 87.5 Å². The Hall–Kier alpha value is -0.345. The molecule has 3 nitrogen and oxygen atoms in total. The van der Waals surface area contributed by atoms with Gasteiger partial charge in [-0.1, -0.05) is 20.8 Å². The molecule has 154 valence electrons. The second-order valence-electron chi connectivity index (χ2n) is 11.1. The number of carbonyl (C=O) groups is 1. The number of carbonyl (C=O) groups excluding carboxylic acids is 1. The van der Waals surface area contributed by atoms with Crippen molar-refractivity contribution in [2.75, 3.05) is 0 Å². The standard InChI is InChI=1S/C23H41BO3/c1-14-11-18(17(4)25)9-10-19(14)20-12-16(3)21(13-15(20)2)24-26-22(5,6)23(7,8)27-24/h14-16,18-21H,9-13H2,1-8H3. The highest BCUT2D eigenvalue weighted by atomic mass is 16.7. The predicted molar refractivity (Wildman–Crippen MR) is 112 cm³/mol. The lowest BCUT2D eigenvalue weighted by atomic mass is 9.52. The topological polar surface area (TPSA) is 35.5 Å². The smallest absolute Gasteiger partial charge is 0.403 e. The third-order valence-corrected chi connectivity index (χ3v) is 8.73. The van der Waals surface area contributed by atoms with Gasteiger partial charge in [-0.05, 0) is 102 Å². The van der Waals surface area contributed by atoms with Gasteiger partial charge in [-0.15, -0.1) is 0 Å². The van der Waals surface area contributed by atoms with Crippen LogP contribution in [0.25, 0.3) is 0 Å². The molecular formula is C23H41BO3. The molecule has 1 aliphatic heterocycles. The van der Waals surface area contributed by atoms with Crippen LogP contribution < -0.4 is 0 Å². The van der Waals surface area contributed by atoms with Crippen molar-refractivity contribution >= 4 is 12.9 Å². The highest BCUT2D eigenvalue weighted by Crippen LogP contribution is 2.53. The summed E-state index contributed by atoms with van der Waals surface area (Å²) in [5.74, 6) is 4.74. The molecule has 0 aromatic heterocycles. The zero-order valence-electron chi connectivity index (χ0n) is 18.9. The van der Waals surface area contributed by atoms with Gasteiger partial charge in [0.15, 0.2) is 0 Å². The molecule has 0 bridgehead atoms. The van der Waals surface area contributed by atoms with E-state index in [9.17, 15) is 4.79 Å². The van der Waals surface area contributed by atoms with E-state index in [4.69, 9.17) is 9.31 Å². The van der Waals surface area contributed by atoms with Crippen LogP contribution in [-0.4, -0.2) is 24.1 Å². The first kappa shape index (κ1) is 21.4. The first-order chi connectivity index (χ1) is 12.4. The molecule has 2 aliphatic carbocycles. The van der Waals surface area contributed by atoms with E-state index in [0.717, 1.165) is 24.7 Å². The lowest BCUT2D eigenvalue weighted by Gasteiger charge is -2.47. The van der Waals surface area contributed by atoms with E-state index in [1.165, 1.54) is 19.3 Å². The number of ketones is 1. The molecule has 27 heavy (non-hydrogen) atoms. The quantitative estimate of drug-likeness (QED) is 0.587. The molecule has 7 unspecified atom stereocenters. The van der Waals surface area contributed by atoms with Crippen LogP contribution in [0, 0.1) is 35.5 Å². The van der Waals surface area contributed by atoms with Crippen molar-refractivity contribution in [3.8, 4) is 0 Å². The van der Waals surface area contributed by atoms with Crippen LogP contribution in [0.2, 0.25) is 5.82 Å². The van der Waals surface area contributed by atoms with Crippen LogP contribution in [0.5, 0.6) is 0 Å². The summed E-state index contributed by atoms with van der Waals surface area (Å²) in [4.78, 5) is 11.8. The van der Waals surface area contributed by atoms with Crippen molar-refractivity contribution < 1.29 is 14.1 Å². The molecule has 7 atom stereocenters. The molecule has 3 fully saturated rings. The summed E-state index contributed by atoms with van der Waals surface area (Å²) < 4.78 is 12.8. The fraction of sp³-hybridized carbons (Fsp3) is 0.957. The second kappa shape index (κ2) is 7.48. The van der Waals surface area contributed by atoms with Crippen LogP contribution >= 0.6 is 0 Å². The first-order valence-corrected chi connectivity index (χ1v) is 11.3. The molecule has 0 N–H and O–H groups in total. The Morgan fingerprint density at radius 3 is 1.89 bits per heavy atom. The number of Topliss-reactive ketones (excluding diaryl/α,β-unsaturated/α-hetero) is 1. The summed E-state index contributed by atoms with van der Waals surface area (Å²) in [7, 11) is -0.0701. The normalized spacial score (nSPS) is 44.3. The summed E-state index contributed by atoms with van der Waals surface area (Å²) in [6, 6.07) is 0. The lowest BCUT2D eigenvalue weighted by molar-refractivity contribution is -0.123. The number of rotatable bonds is 3. The molecule has 1 heterocycles. The van der Waals surface area contributed by atoms with E-state index < -0.39 is 0 Å². The van der Waals surface area contributed by atoms with Crippen molar-refractivity contribution in [2.24, 2.45) is 35.5 Å². The van der Waals surface area contributed by atoms with Crippen LogP contribution in [0.15, 0.2) is 0 Å². The summed E-state index contributed by atoms with van der Waals surface area (Å²) in [5.41, 5.74) is -0.478. The minimum Gasteiger partial charge on any atom is -0.403 e. The van der Waals surface area contributed by atoms with E-state index in [2.05, 4.69) is 48.5 Å². The Morgan fingerprint density at radius 2 is 1.37 bits per heavy atom. The van der Waals surface area contributed by atoms with E-state index in [1.54, 1.807) is 6.92 Å². The van der Waals surface area contributed by atoms with Gasteiger partial charge in [-0.3, -0.25) is 4.79 Å². The molecule has 0 aromatic carbocycles. The van der Waals surface area contributed by atoms with Crippen LogP contribution in [-0.2, 0) is 14.1 Å². The van der Waals surface area contributed by atoms with Gasteiger partial charge >= 0.3 is 7.12 Å². The summed E-state index contributed by atoms with van der Waals surface area (Å²) in [6.45, 7) is 17.6. The average molecular weight is 376 g/mol. The first-order valence-electron chi connectivity index (χ1n) is 11.3. The fourth-order valence-electron chi connectivity index (χ4n) is 6.14. The maximum atomic E-state index is 11.8. The van der Waals surface area contributed by atoms with E-state index in [-0.39, 0.29) is 18.3 Å². The van der Waals surface area contributed by atoms with Gasteiger partial charge in [0, 0.05) is 5.92 Å². The van der Waals surface area contributed by atoms with Crippen molar-refractivity contribution in [2.45, 2.75) is 105 Å². The minimum absolute atomic E-state index is 0.0701. The second-order valence-corrected chi connectivity index (χ2v) is 11.1. The Morgan fingerprint density at radius 1 is 0.815 bits per heavy atom. The van der Waals surface area contributed by atoms with Gasteiger partial charge in [-0.2, -0.15) is 0 Å². The minimum atomic E-state index is -0.239. The molecule has 3 rings (SSSR count). The highest BCUT2D eigenvalue weighted by molar-refractivity contribution is 6.47. The summed E-state index contributed by atoms with van der Waals surface area (Å²) in [6.07, 6.45) is 5.90. The third-order valence-electron chi connectivity index (χ3n) is 8.73. The van der Waals surface area contributed by atoms with Gasteiger partial charge in [0.25, 0.3) is 0 Å². The zero-order valence-corrected chi connectivity index (χ0v) is 18.9. The van der Waals surface area contributed by atoms with Crippen molar-refractivity contribution in [1.29, 1.82) is 0 Å². The molecule has 0 radical (unpaired) electrons. The molecule has 0 aromatic rings. The van der Waals surface area contributed by atoms with Gasteiger partial charge < -0.3 is 9.31 Å². The maximum absolute atomic E-state index is 11.8. The molecular weight excluding hydrogens is 335 g/mol. The molecule has 3 aliphatic rings. The summed E-state index contributed by atoms with van der Waals surface area (Å²) >= 11 is 0. The number of hydrogen-bond donors (Lipinski definition) is 0. The van der Waals surface area contributed by atoms with E-state index in [0.29, 0.717) is 35.3 Å². The zero-order chi connectivity index (χ0) is 20.1. The predicted octanol–water partition coefficient (Wildman–Crippen LogP) is 5.77.